The second-order valence-corrected chi connectivity index (χ2v) is 4.65. The Balaban J connectivity index is 1.64. The molecule has 3 aliphatic rings. The van der Waals surface area contributed by atoms with E-state index in [0.717, 1.165) is 6.04 Å². The van der Waals surface area contributed by atoms with Crippen molar-refractivity contribution >= 4 is 0 Å². The van der Waals surface area contributed by atoms with E-state index in [4.69, 9.17) is 0 Å². The summed E-state index contributed by atoms with van der Waals surface area (Å²) in [6.07, 6.45) is 2.91. The zero-order valence-corrected chi connectivity index (χ0v) is 8.42. The summed E-state index contributed by atoms with van der Waals surface area (Å²) in [5.41, 5.74) is 3.49. The van der Waals surface area contributed by atoms with E-state index < -0.39 is 0 Å². The molecule has 0 aromatic carbocycles. The molecule has 0 radical (unpaired) electrons. The van der Waals surface area contributed by atoms with Crippen LogP contribution in [0.4, 0.5) is 0 Å². The molecule has 0 aromatic rings. The summed E-state index contributed by atoms with van der Waals surface area (Å²) in [7, 11) is 0. The van der Waals surface area contributed by atoms with E-state index in [1.807, 2.05) is 0 Å². The molecule has 72 valence electrons. The molecule has 0 aromatic heterocycles. The van der Waals surface area contributed by atoms with Gasteiger partial charge in [0.05, 0.1) is 0 Å². The highest BCUT2D eigenvalue weighted by Crippen LogP contribution is 2.34. The van der Waals surface area contributed by atoms with E-state index in [1.54, 1.807) is 11.1 Å². The summed E-state index contributed by atoms with van der Waals surface area (Å²) >= 11 is 0. The van der Waals surface area contributed by atoms with Crippen LogP contribution in [-0.4, -0.2) is 48.6 Å². The third-order valence-corrected chi connectivity index (χ3v) is 3.63. The van der Waals surface area contributed by atoms with Crippen LogP contribution in [0, 0.1) is 0 Å². The molecule has 0 atom stereocenters. The lowest BCUT2D eigenvalue weighted by Gasteiger charge is -2.20. The van der Waals surface area contributed by atoms with E-state index >= 15 is 0 Å². The van der Waals surface area contributed by atoms with Crippen molar-refractivity contribution in [2.45, 2.75) is 25.8 Å². The molecule has 2 heteroatoms. The van der Waals surface area contributed by atoms with Crippen LogP contribution in [0.3, 0.4) is 0 Å². The highest BCUT2D eigenvalue weighted by Gasteiger charge is 2.36. The predicted molar refractivity (Wildman–Crippen MR) is 53.7 cm³/mol. The van der Waals surface area contributed by atoms with Gasteiger partial charge in [-0.3, -0.25) is 9.80 Å². The van der Waals surface area contributed by atoms with Crippen LogP contribution >= 0.6 is 0 Å². The average molecular weight is 178 g/mol. The van der Waals surface area contributed by atoms with Gasteiger partial charge >= 0.3 is 0 Å². The fourth-order valence-electron chi connectivity index (χ4n) is 2.61. The van der Waals surface area contributed by atoms with Gasteiger partial charge < -0.3 is 0 Å². The van der Waals surface area contributed by atoms with Gasteiger partial charge in [0.2, 0.25) is 0 Å². The molecule has 0 spiro atoms. The molecule has 1 saturated carbocycles. The third kappa shape index (κ3) is 1.32. The van der Waals surface area contributed by atoms with Crippen molar-refractivity contribution in [3.63, 3.8) is 0 Å². The summed E-state index contributed by atoms with van der Waals surface area (Å²) in [4.78, 5) is 5.23. The molecule has 0 saturated heterocycles. The number of rotatable bonds is 2. The molecule has 0 unspecified atom stereocenters. The second-order valence-electron chi connectivity index (χ2n) is 4.65. The molecule has 0 N–H and O–H groups in total. The lowest BCUT2D eigenvalue weighted by Crippen LogP contribution is -2.30. The number of likely N-dealkylation sites (N-methyl/N-ethyl adjacent to an activating group) is 1. The predicted octanol–water partition coefficient (Wildman–Crippen LogP) is 1.10. The largest absolute Gasteiger partial charge is 0.296 e. The van der Waals surface area contributed by atoms with E-state index in [1.165, 1.54) is 45.6 Å². The smallest absolute Gasteiger partial charge is 0.0215 e. The lowest BCUT2D eigenvalue weighted by molar-refractivity contribution is 0.290. The maximum Gasteiger partial charge on any atom is 0.0215 e. The third-order valence-electron chi connectivity index (χ3n) is 3.63. The van der Waals surface area contributed by atoms with Gasteiger partial charge in [0.25, 0.3) is 0 Å². The Kier molecular flexibility index (Phi) is 1.74. The molecule has 2 heterocycles. The quantitative estimate of drug-likeness (QED) is 0.584. The number of nitrogens with zero attached hydrogens (tertiary/aromatic N) is 2. The number of hydrogen-bond acceptors (Lipinski definition) is 2. The highest BCUT2D eigenvalue weighted by molar-refractivity contribution is 5.31. The Bertz CT molecular complexity index is 235. The van der Waals surface area contributed by atoms with E-state index in [2.05, 4.69) is 16.7 Å². The van der Waals surface area contributed by atoms with Gasteiger partial charge in [-0.25, -0.2) is 0 Å². The Labute approximate surface area is 80.2 Å². The standard InChI is InChI=1S/C11H18N2/c1-2-12-5-9-7-13(11-3-4-11)8-10(9)6-12/h11H,2-8H2,1H3. The van der Waals surface area contributed by atoms with Crippen molar-refractivity contribution in [1.29, 1.82) is 0 Å². The van der Waals surface area contributed by atoms with Crippen LogP contribution in [0.15, 0.2) is 11.1 Å². The minimum absolute atomic E-state index is 0.959. The monoisotopic (exact) mass is 178 g/mol. The summed E-state index contributed by atoms with van der Waals surface area (Å²) in [6, 6.07) is 0.959. The van der Waals surface area contributed by atoms with E-state index in [9.17, 15) is 0 Å². The summed E-state index contributed by atoms with van der Waals surface area (Å²) in [5, 5.41) is 0. The van der Waals surface area contributed by atoms with Crippen LogP contribution in [0.1, 0.15) is 19.8 Å². The maximum absolute atomic E-state index is 2.68. The summed E-state index contributed by atoms with van der Waals surface area (Å²) < 4.78 is 0. The highest BCUT2D eigenvalue weighted by atomic mass is 15.2. The SMILES string of the molecule is CCN1CC2=C(C1)CN(C1CC1)C2. The zero-order chi connectivity index (χ0) is 8.84. The van der Waals surface area contributed by atoms with Crippen molar-refractivity contribution in [2.24, 2.45) is 0 Å². The topological polar surface area (TPSA) is 6.48 Å². The Hall–Kier alpha value is -0.340. The first-order valence-electron chi connectivity index (χ1n) is 5.53. The van der Waals surface area contributed by atoms with Gasteiger partial charge in [-0.2, -0.15) is 0 Å². The molecule has 3 rings (SSSR count). The maximum atomic E-state index is 2.68. The van der Waals surface area contributed by atoms with Crippen LogP contribution in [0.5, 0.6) is 0 Å². The molecule has 13 heavy (non-hydrogen) atoms. The average Bonchev–Trinajstić information content (AvgIpc) is 2.78. The molecule has 0 amide bonds. The molecule has 1 fully saturated rings. The van der Waals surface area contributed by atoms with Gasteiger partial charge in [0, 0.05) is 32.2 Å². The van der Waals surface area contributed by atoms with E-state index in [0.29, 0.717) is 0 Å². The van der Waals surface area contributed by atoms with Crippen molar-refractivity contribution in [3.8, 4) is 0 Å². The minimum atomic E-state index is 0.959. The second kappa shape index (κ2) is 2.82. The normalized spacial score (nSPS) is 30.2. The van der Waals surface area contributed by atoms with Gasteiger partial charge in [0.15, 0.2) is 0 Å². The molecule has 2 nitrogen and oxygen atoms in total. The fraction of sp³-hybridized carbons (Fsp3) is 0.818. The minimum Gasteiger partial charge on any atom is -0.296 e. The molecule has 0 bridgehead atoms. The van der Waals surface area contributed by atoms with Crippen molar-refractivity contribution < 1.29 is 0 Å². The number of hydrogen-bond donors (Lipinski definition) is 0. The molecular weight excluding hydrogens is 160 g/mol. The van der Waals surface area contributed by atoms with Crippen LogP contribution in [0.25, 0.3) is 0 Å². The Morgan fingerprint density at radius 1 is 1.08 bits per heavy atom. The molecular formula is C11H18N2. The Morgan fingerprint density at radius 3 is 2.15 bits per heavy atom. The lowest BCUT2D eigenvalue weighted by atomic mass is 10.2. The van der Waals surface area contributed by atoms with Crippen molar-refractivity contribution in [3.05, 3.63) is 11.1 Å². The van der Waals surface area contributed by atoms with Gasteiger partial charge in [0.1, 0.15) is 0 Å². The van der Waals surface area contributed by atoms with Crippen molar-refractivity contribution in [2.75, 3.05) is 32.7 Å². The van der Waals surface area contributed by atoms with Gasteiger partial charge in [-0.15, -0.1) is 0 Å². The fourth-order valence-corrected chi connectivity index (χ4v) is 2.61. The molecule has 2 aliphatic heterocycles. The Morgan fingerprint density at radius 2 is 1.69 bits per heavy atom. The first-order valence-corrected chi connectivity index (χ1v) is 5.53. The van der Waals surface area contributed by atoms with Crippen LogP contribution < -0.4 is 0 Å². The summed E-state index contributed by atoms with van der Waals surface area (Å²) in [6.45, 7) is 8.58. The molecule has 1 aliphatic carbocycles. The van der Waals surface area contributed by atoms with Crippen LogP contribution in [0.2, 0.25) is 0 Å². The van der Waals surface area contributed by atoms with Crippen LogP contribution in [-0.2, 0) is 0 Å². The van der Waals surface area contributed by atoms with Gasteiger partial charge in [-0.05, 0) is 30.5 Å². The van der Waals surface area contributed by atoms with Crippen molar-refractivity contribution in [1.82, 2.24) is 9.80 Å². The van der Waals surface area contributed by atoms with E-state index in [-0.39, 0.29) is 0 Å². The summed E-state index contributed by atoms with van der Waals surface area (Å²) in [5.74, 6) is 0. The zero-order valence-electron chi connectivity index (χ0n) is 8.42. The van der Waals surface area contributed by atoms with Gasteiger partial charge in [-0.1, -0.05) is 6.92 Å². The first kappa shape index (κ1) is 8.01. The first-order chi connectivity index (χ1) is 6.36.